The molecular weight excluding hydrogens is 437 g/mol. The van der Waals surface area contributed by atoms with E-state index in [1.165, 1.54) is 0 Å². The molecule has 0 saturated heterocycles. The first-order chi connectivity index (χ1) is 14.8. The molecule has 6 nitrogen and oxygen atoms in total. The molecule has 2 aromatic heterocycles. The van der Waals surface area contributed by atoms with Crippen LogP contribution in [0.3, 0.4) is 0 Å². The first kappa shape index (κ1) is 23.1. The van der Waals surface area contributed by atoms with Crippen LogP contribution in [0.25, 0.3) is 0 Å². The summed E-state index contributed by atoms with van der Waals surface area (Å²) in [5.41, 5.74) is 3.63. The Morgan fingerprint density at radius 1 is 1.19 bits per heavy atom. The second-order valence-corrected chi connectivity index (χ2v) is 8.44. The zero-order chi connectivity index (χ0) is 22.4. The summed E-state index contributed by atoms with van der Waals surface area (Å²) in [5, 5.41) is 15.0. The van der Waals surface area contributed by atoms with E-state index >= 15 is 0 Å². The van der Waals surface area contributed by atoms with Gasteiger partial charge in [0.1, 0.15) is 0 Å². The Hall–Kier alpha value is -2.57. The molecule has 8 heteroatoms. The zero-order valence-electron chi connectivity index (χ0n) is 17.5. The van der Waals surface area contributed by atoms with Crippen LogP contribution in [0.1, 0.15) is 48.7 Å². The van der Waals surface area contributed by atoms with Crippen molar-refractivity contribution in [1.82, 2.24) is 14.8 Å². The molecule has 1 N–H and O–H groups in total. The molecule has 0 aliphatic carbocycles. The molecule has 0 atom stereocenters. The van der Waals surface area contributed by atoms with Crippen LogP contribution in [0, 0.1) is 0 Å². The van der Waals surface area contributed by atoms with Crippen molar-refractivity contribution in [3.8, 4) is 5.88 Å². The lowest BCUT2D eigenvalue weighted by atomic mass is 10.1. The Morgan fingerprint density at radius 2 is 2.00 bits per heavy atom. The summed E-state index contributed by atoms with van der Waals surface area (Å²) in [7, 11) is 0. The van der Waals surface area contributed by atoms with Gasteiger partial charge in [0.25, 0.3) is 0 Å². The number of hydrogen-bond acceptors (Lipinski definition) is 4. The number of carboxylic acids is 1. The SMILES string of the molecule is CC(C)c1cc(CCCOc2ncccc2CC(=O)O)n(Cc2ccc(Cl)cc2Cl)n1. The molecule has 3 rings (SSSR count). The molecule has 3 aromatic rings. The summed E-state index contributed by atoms with van der Waals surface area (Å²) in [6, 6.07) is 11.0. The zero-order valence-corrected chi connectivity index (χ0v) is 19.0. The third kappa shape index (κ3) is 6.45. The first-order valence-corrected chi connectivity index (χ1v) is 10.9. The maximum absolute atomic E-state index is 11.0. The van der Waals surface area contributed by atoms with Crippen LogP contribution in [0.4, 0.5) is 0 Å². The summed E-state index contributed by atoms with van der Waals surface area (Å²) in [6.45, 7) is 5.20. The molecule has 0 radical (unpaired) electrons. The minimum Gasteiger partial charge on any atom is -0.481 e. The highest BCUT2D eigenvalue weighted by Gasteiger charge is 2.13. The molecule has 0 aliphatic heterocycles. The predicted molar refractivity (Wildman–Crippen MR) is 121 cm³/mol. The third-order valence-corrected chi connectivity index (χ3v) is 5.40. The van der Waals surface area contributed by atoms with Gasteiger partial charge in [-0.25, -0.2) is 4.98 Å². The fourth-order valence-corrected chi connectivity index (χ4v) is 3.65. The molecule has 164 valence electrons. The maximum Gasteiger partial charge on any atom is 0.308 e. The third-order valence-electron chi connectivity index (χ3n) is 4.82. The van der Waals surface area contributed by atoms with Crippen LogP contribution in [0.15, 0.2) is 42.6 Å². The number of aliphatic carboxylic acids is 1. The van der Waals surface area contributed by atoms with Gasteiger partial charge in [-0.1, -0.05) is 49.2 Å². The molecule has 0 spiro atoms. The molecule has 1 aromatic carbocycles. The van der Waals surface area contributed by atoms with E-state index in [1.54, 1.807) is 24.4 Å². The van der Waals surface area contributed by atoms with Gasteiger partial charge in [0, 0.05) is 27.5 Å². The highest BCUT2D eigenvalue weighted by molar-refractivity contribution is 6.35. The number of carbonyl (C=O) groups is 1. The fourth-order valence-electron chi connectivity index (χ4n) is 3.18. The predicted octanol–water partition coefficient (Wildman–Crippen LogP) is 5.40. The first-order valence-electron chi connectivity index (χ1n) is 10.1. The van der Waals surface area contributed by atoms with Crippen molar-refractivity contribution in [2.75, 3.05) is 6.61 Å². The molecule has 0 saturated carbocycles. The lowest BCUT2D eigenvalue weighted by molar-refractivity contribution is -0.136. The van der Waals surface area contributed by atoms with Gasteiger partial charge in [-0.05, 0) is 48.6 Å². The topological polar surface area (TPSA) is 77.2 Å². The molecule has 0 aliphatic rings. The van der Waals surface area contributed by atoms with E-state index in [9.17, 15) is 4.79 Å². The van der Waals surface area contributed by atoms with E-state index in [2.05, 4.69) is 24.9 Å². The van der Waals surface area contributed by atoms with E-state index in [1.807, 2.05) is 16.8 Å². The van der Waals surface area contributed by atoms with Crippen LogP contribution >= 0.6 is 23.2 Å². The monoisotopic (exact) mass is 461 g/mol. The Kier molecular flexibility index (Phi) is 7.93. The Morgan fingerprint density at radius 3 is 2.71 bits per heavy atom. The fraction of sp³-hybridized carbons (Fsp3) is 0.348. The van der Waals surface area contributed by atoms with Crippen molar-refractivity contribution >= 4 is 29.2 Å². The molecule has 0 bridgehead atoms. The number of rotatable bonds is 10. The Bertz CT molecular complexity index is 1050. The molecule has 0 unspecified atom stereocenters. The van der Waals surface area contributed by atoms with Gasteiger partial charge in [-0.2, -0.15) is 5.10 Å². The average Bonchev–Trinajstić information content (AvgIpc) is 3.11. The molecule has 0 fully saturated rings. The van der Waals surface area contributed by atoms with E-state index in [0.29, 0.717) is 40.6 Å². The standard InChI is InChI=1S/C23H25Cl2N3O3/c1-15(2)21-13-19(28(27-21)14-17-7-8-18(24)12-20(17)25)6-4-10-31-23-16(11-22(29)30)5-3-9-26-23/h3,5,7-9,12-13,15H,4,6,10-11,14H2,1-2H3,(H,29,30). The molecule has 31 heavy (non-hydrogen) atoms. The van der Waals surface area contributed by atoms with Crippen LogP contribution in [-0.2, 0) is 24.2 Å². The number of benzene rings is 1. The lowest BCUT2D eigenvalue weighted by Crippen LogP contribution is -2.10. The second-order valence-electron chi connectivity index (χ2n) is 7.60. The van der Waals surface area contributed by atoms with Crippen LogP contribution in [-0.4, -0.2) is 32.4 Å². The average molecular weight is 462 g/mol. The minimum absolute atomic E-state index is 0.116. The van der Waals surface area contributed by atoms with Gasteiger partial charge in [-0.15, -0.1) is 0 Å². The molecule has 2 heterocycles. The normalized spacial score (nSPS) is 11.1. The van der Waals surface area contributed by atoms with E-state index in [4.69, 9.17) is 38.1 Å². The van der Waals surface area contributed by atoms with Crippen molar-refractivity contribution in [1.29, 1.82) is 0 Å². The Balaban J connectivity index is 1.67. The highest BCUT2D eigenvalue weighted by atomic mass is 35.5. The van der Waals surface area contributed by atoms with Crippen molar-refractivity contribution < 1.29 is 14.6 Å². The van der Waals surface area contributed by atoms with Gasteiger partial charge < -0.3 is 9.84 Å². The van der Waals surface area contributed by atoms with Gasteiger partial charge in [0.2, 0.25) is 5.88 Å². The quantitative estimate of drug-likeness (QED) is 0.409. The number of hydrogen-bond donors (Lipinski definition) is 1. The Labute approximate surface area is 191 Å². The summed E-state index contributed by atoms with van der Waals surface area (Å²) in [4.78, 5) is 15.2. The minimum atomic E-state index is -0.913. The lowest BCUT2D eigenvalue weighted by Gasteiger charge is -2.11. The van der Waals surface area contributed by atoms with Crippen LogP contribution < -0.4 is 4.74 Å². The summed E-state index contributed by atoms with van der Waals surface area (Å²) >= 11 is 12.4. The van der Waals surface area contributed by atoms with Crippen molar-refractivity contribution in [3.05, 3.63) is 75.2 Å². The maximum atomic E-state index is 11.0. The number of pyridine rings is 1. The van der Waals surface area contributed by atoms with Gasteiger partial charge in [0.15, 0.2) is 0 Å². The molecule has 0 amide bonds. The van der Waals surface area contributed by atoms with Crippen LogP contribution in [0.2, 0.25) is 10.0 Å². The van der Waals surface area contributed by atoms with Gasteiger partial charge in [-0.3, -0.25) is 9.48 Å². The van der Waals surface area contributed by atoms with Gasteiger partial charge in [0.05, 0.1) is 25.3 Å². The number of aromatic nitrogens is 3. The number of aryl methyl sites for hydroxylation is 1. The summed E-state index contributed by atoms with van der Waals surface area (Å²) in [5.74, 6) is -0.234. The van der Waals surface area contributed by atoms with Crippen molar-refractivity contribution in [2.45, 2.75) is 45.6 Å². The highest BCUT2D eigenvalue weighted by Crippen LogP contribution is 2.24. The van der Waals surface area contributed by atoms with Crippen molar-refractivity contribution in [2.24, 2.45) is 0 Å². The van der Waals surface area contributed by atoms with E-state index in [0.717, 1.165) is 29.8 Å². The number of halogens is 2. The molecular formula is C23H25Cl2N3O3. The van der Waals surface area contributed by atoms with E-state index in [-0.39, 0.29) is 6.42 Å². The largest absolute Gasteiger partial charge is 0.481 e. The number of nitrogens with zero attached hydrogens (tertiary/aromatic N) is 3. The van der Waals surface area contributed by atoms with Crippen molar-refractivity contribution in [3.63, 3.8) is 0 Å². The van der Waals surface area contributed by atoms with Crippen LogP contribution in [0.5, 0.6) is 5.88 Å². The summed E-state index contributed by atoms with van der Waals surface area (Å²) < 4.78 is 7.74. The number of ether oxygens (including phenoxy) is 1. The summed E-state index contributed by atoms with van der Waals surface area (Å²) in [6.07, 6.45) is 2.97. The van der Waals surface area contributed by atoms with E-state index < -0.39 is 5.97 Å². The smallest absolute Gasteiger partial charge is 0.308 e. The van der Waals surface area contributed by atoms with Gasteiger partial charge >= 0.3 is 5.97 Å². The number of carboxylic acid groups (broad SMARTS) is 1. The second kappa shape index (κ2) is 10.6.